The molecule has 1 heterocycles. The van der Waals surface area contributed by atoms with Gasteiger partial charge in [0.2, 0.25) is 5.91 Å². The van der Waals surface area contributed by atoms with Crippen molar-refractivity contribution in [3.8, 4) is 0 Å². The first-order valence-corrected chi connectivity index (χ1v) is 11.9. The molecule has 1 aliphatic rings. The fourth-order valence-electron chi connectivity index (χ4n) is 3.84. The number of amides is 1. The molecule has 3 aromatic carbocycles. The Kier molecular flexibility index (Phi) is 6.20. The summed E-state index contributed by atoms with van der Waals surface area (Å²) in [6.45, 7) is 1.99. The molecule has 0 radical (unpaired) electrons. The maximum Gasteiger partial charge on any atom is 0.337 e. The van der Waals surface area contributed by atoms with Crippen LogP contribution in [0, 0.1) is 6.92 Å². The Morgan fingerprint density at radius 1 is 0.970 bits per heavy atom. The molecule has 0 saturated heterocycles. The van der Waals surface area contributed by atoms with Crippen molar-refractivity contribution in [2.75, 3.05) is 29.4 Å². The molecular weight excluding hydrogens is 440 g/mol. The van der Waals surface area contributed by atoms with Crippen LogP contribution in [-0.2, 0) is 26.0 Å². The van der Waals surface area contributed by atoms with Crippen molar-refractivity contribution in [3.05, 3.63) is 89.5 Å². The van der Waals surface area contributed by atoms with Gasteiger partial charge in [-0.1, -0.05) is 35.9 Å². The van der Waals surface area contributed by atoms with Crippen LogP contribution in [0.15, 0.2) is 77.7 Å². The fourth-order valence-corrected chi connectivity index (χ4v) is 5.25. The van der Waals surface area contributed by atoms with E-state index in [0.717, 1.165) is 27.5 Å². The molecule has 0 bridgehead atoms. The quantitative estimate of drug-likeness (QED) is 0.521. The lowest BCUT2D eigenvalue weighted by atomic mass is 10.2. The zero-order valence-corrected chi connectivity index (χ0v) is 19.2. The third-order valence-corrected chi connectivity index (χ3v) is 7.44. The molecular formula is C25H24N2O5S. The number of nitrogens with zero attached hydrogens (tertiary/aromatic N) is 2. The summed E-state index contributed by atoms with van der Waals surface area (Å²) in [5, 5.41) is 0. The smallest absolute Gasteiger partial charge is 0.337 e. The third kappa shape index (κ3) is 4.47. The monoisotopic (exact) mass is 464 g/mol. The van der Waals surface area contributed by atoms with Gasteiger partial charge in [-0.25, -0.2) is 13.2 Å². The Morgan fingerprint density at radius 3 is 2.30 bits per heavy atom. The Bertz CT molecular complexity index is 1290. The standard InChI is InChI=1S/C25H24N2O5S/c1-18-7-13-22(14-8-18)33(30,31)27(21-11-9-20(10-12-21)25(29)32-2)17-24(28)26-16-15-19-5-3-4-6-23(19)26/h3-14H,15-17H2,1-2H3. The summed E-state index contributed by atoms with van der Waals surface area (Å²) in [5.41, 5.74) is 3.35. The van der Waals surface area contributed by atoms with Crippen molar-refractivity contribution in [3.63, 3.8) is 0 Å². The highest BCUT2D eigenvalue weighted by atomic mass is 32.2. The molecule has 33 heavy (non-hydrogen) atoms. The van der Waals surface area contributed by atoms with Gasteiger partial charge in [-0.15, -0.1) is 0 Å². The summed E-state index contributed by atoms with van der Waals surface area (Å²) in [6, 6.07) is 20.1. The Labute approximate surface area is 193 Å². The number of sulfonamides is 1. The zero-order chi connectivity index (χ0) is 23.6. The molecule has 0 spiro atoms. The predicted molar refractivity (Wildman–Crippen MR) is 126 cm³/mol. The summed E-state index contributed by atoms with van der Waals surface area (Å²) < 4.78 is 33.0. The Balaban J connectivity index is 1.71. The van der Waals surface area contributed by atoms with Gasteiger partial charge < -0.3 is 9.64 Å². The lowest BCUT2D eigenvalue weighted by Crippen LogP contribution is -2.42. The van der Waals surface area contributed by atoms with E-state index >= 15 is 0 Å². The Hall–Kier alpha value is -3.65. The highest BCUT2D eigenvalue weighted by Crippen LogP contribution is 2.29. The molecule has 4 rings (SSSR count). The first-order valence-electron chi connectivity index (χ1n) is 10.5. The minimum Gasteiger partial charge on any atom is -0.465 e. The number of carbonyl (C=O) groups excluding carboxylic acids is 2. The van der Waals surface area contributed by atoms with Crippen molar-refractivity contribution in [1.82, 2.24) is 0 Å². The molecule has 1 aliphatic heterocycles. The largest absolute Gasteiger partial charge is 0.465 e. The minimum atomic E-state index is -4.04. The molecule has 7 nitrogen and oxygen atoms in total. The van der Waals surface area contributed by atoms with Gasteiger partial charge in [0.15, 0.2) is 0 Å². The van der Waals surface area contributed by atoms with E-state index in [0.29, 0.717) is 6.54 Å². The van der Waals surface area contributed by atoms with E-state index in [1.807, 2.05) is 31.2 Å². The number of esters is 1. The molecule has 3 aromatic rings. The van der Waals surface area contributed by atoms with Crippen LogP contribution in [0.1, 0.15) is 21.5 Å². The second-order valence-electron chi connectivity index (χ2n) is 7.79. The number of rotatable bonds is 6. The van der Waals surface area contributed by atoms with E-state index in [1.54, 1.807) is 17.0 Å². The maximum atomic E-state index is 13.6. The number of fused-ring (bicyclic) bond motifs is 1. The molecule has 8 heteroatoms. The Morgan fingerprint density at radius 2 is 1.64 bits per heavy atom. The highest BCUT2D eigenvalue weighted by Gasteiger charge is 2.31. The second kappa shape index (κ2) is 9.07. The van der Waals surface area contributed by atoms with Crippen LogP contribution in [0.5, 0.6) is 0 Å². The van der Waals surface area contributed by atoms with Crippen molar-refractivity contribution in [2.24, 2.45) is 0 Å². The third-order valence-electron chi connectivity index (χ3n) is 5.65. The van der Waals surface area contributed by atoms with E-state index in [9.17, 15) is 18.0 Å². The van der Waals surface area contributed by atoms with Crippen LogP contribution in [0.3, 0.4) is 0 Å². The number of para-hydroxylation sites is 1. The second-order valence-corrected chi connectivity index (χ2v) is 9.65. The number of hydrogen-bond acceptors (Lipinski definition) is 5. The number of anilines is 2. The average Bonchev–Trinajstić information content (AvgIpc) is 3.26. The maximum absolute atomic E-state index is 13.6. The number of methoxy groups -OCH3 is 1. The van der Waals surface area contributed by atoms with Crippen LogP contribution >= 0.6 is 0 Å². The molecule has 170 valence electrons. The number of carbonyl (C=O) groups is 2. The van der Waals surface area contributed by atoms with Crippen molar-refractivity contribution >= 4 is 33.3 Å². The van der Waals surface area contributed by atoms with Gasteiger partial charge in [0.25, 0.3) is 10.0 Å². The zero-order valence-electron chi connectivity index (χ0n) is 18.4. The van der Waals surface area contributed by atoms with E-state index in [4.69, 9.17) is 4.74 Å². The van der Waals surface area contributed by atoms with Gasteiger partial charge in [0.05, 0.1) is 23.3 Å². The summed E-state index contributed by atoms with van der Waals surface area (Å²) in [5.74, 6) is -0.855. The van der Waals surface area contributed by atoms with Gasteiger partial charge in [-0.2, -0.15) is 0 Å². The summed E-state index contributed by atoms with van der Waals surface area (Å²) in [6.07, 6.45) is 0.723. The molecule has 0 atom stereocenters. The normalized spacial score (nSPS) is 12.8. The van der Waals surface area contributed by atoms with E-state index < -0.39 is 16.0 Å². The van der Waals surface area contributed by atoms with Gasteiger partial charge in [-0.05, 0) is 61.4 Å². The molecule has 0 aliphatic carbocycles. The minimum absolute atomic E-state index is 0.0831. The van der Waals surface area contributed by atoms with Crippen molar-refractivity contribution < 1.29 is 22.7 Å². The van der Waals surface area contributed by atoms with Crippen LogP contribution in [0.25, 0.3) is 0 Å². The first-order chi connectivity index (χ1) is 15.8. The van der Waals surface area contributed by atoms with Crippen LogP contribution < -0.4 is 9.21 Å². The average molecular weight is 465 g/mol. The number of benzene rings is 3. The van der Waals surface area contributed by atoms with Gasteiger partial charge in [0, 0.05) is 12.2 Å². The van der Waals surface area contributed by atoms with E-state index in [2.05, 4.69) is 0 Å². The summed E-state index contributed by atoms with van der Waals surface area (Å²) >= 11 is 0. The van der Waals surface area contributed by atoms with Gasteiger partial charge in [0.1, 0.15) is 6.54 Å². The van der Waals surface area contributed by atoms with Crippen LogP contribution in [-0.4, -0.2) is 40.5 Å². The van der Waals surface area contributed by atoms with Crippen molar-refractivity contribution in [2.45, 2.75) is 18.2 Å². The molecule has 1 amide bonds. The van der Waals surface area contributed by atoms with Gasteiger partial charge in [-0.3, -0.25) is 9.10 Å². The molecule has 0 N–H and O–H groups in total. The number of hydrogen-bond donors (Lipinski definition) is 0. The van der Waals surface area contributed by atoms with E-state index in [1.165, 1.54) is 43.5 Å². The topological polar surface area (TPSA) is 84.0 Å². The van der Waals surface area contributed by atoms with E-state index in [-0.39, 0.29) is 28.6 Å². The highest BCUT2D eigenvalue weighted by molar-refractivity contribution is 7.92. The van der Waals surface area contributed by atoms with Crippen molar-refractivity contribution in [1.29, 1.82) is 0 Å². The molecule has 0 unspecified atom stereocenters. The summed E-state index contributed by atoms with van der Waals surface area (Å²) in [7, 11) is -2.77. The number of ether oxygens (including phenoxy) is 1. The lowest BCUT2D eigenvalue weighted by molar-refractivity contribution is -0.117. The fraction of sp³-hybridized carbons (Fsp3) is 0.200. The van der Waals surface area contributed by atoms with Gasteiger partial charge >= 0.3 is 5.97 Å². The molecule has 0 aromatic heterocycles. The lowest BCUT2D eigenvalue weighted by Gasteiger charge is -2.27. The SMILES string of the molecule is COC(=O)c1ccc(N(CC(=O)N2CCc3ccccc32)S(=O)(=O)c2ccc(C)cc2)cc1. The predicted octanol–water partition coefficient (Wildman–Crippen LogP) is 3.57. The molecule has 0 fully saturated rings. The first kappa shape index (κ1) is 22.5. The van der Waals surface area contributed by atoms with Crippen LogP contribution in [0.4, 0.5) is 11.4 Å². The molecule has 0 saturated carbocycles. The number of aryl methyl sites for hydroxylation is 1. The van der Waals surface area contributed by atoms with Crippen LogP contribution in [0.2, 0.25) is 0 Å². The summed E-state index contributed by atoms with van der Waals surface area (Å²) in [4.78, 5) is 26.8.